The van der Waals surface area contributed by atoms with Crippen LogP contribution in [0.2, 0.25) is 0 Å². The van der Waals surface area contributed by atoms with Crippen LogP contribution in [0.3, 0.4) is 0 Å². The van der Waals surface area contributed by atoms with Crippen LogP contribution in [0.5, 0.6) is 0 Å². The van der Waals surface area contributed by atoms with Gasteiger partial charge in [0.05, 0.1) is 18.0 Å². The first kappa shape index (κ1) is 12.1. The zero-order chi connectivity index (χ0) is 13.1. The highest BCUT2D eigenvalue weighted by molar-refractivity contribution is 7.07. The van der Waals surface area contributed by atoms with E-state index in [2.05, 4.69) is 10.5 Å². The molecule has 0 bridgehead atoms. The molecule has 0 aliphatic heterocycles. The summed E-state index contributed by atoms with van der Waals surface area (Å²) in [7, 11) is 0. The third-order valence-electron chi connectivity index (χ3n) is 3.02. The molecule has 1 N–H and O–H groups in total. The van der Waals surface area contributed by atoms with Gasteiger partial charge in [-0.1, -0.05) is 18.2 Å². The number of benzene rings is 1. The average Bonchev–Trinajstić information content (AvgIpc) is 3.10. The van der Waals surface area contributed by atoms with Crippen LogP contribution in [-0.2, 0) is 6.42 Å². The van der Waals surface area contributed by atoms with E-state index in [-0.39, 0.29) is 0 Å². The molecule has 1 unspecified atom stereocenters. The van der Waals surface area contributed by atoms with Crippen LogP contribution in [0.1, 0.15) is 17.2 Å². The highest BCUT2D eigenvalue weighted by atomic mass is 32.1. The lowest BCUT2D eigenvalue weighted by Gasteiger charge is -2.06. The van der Waals surface area contributed by atoms with E-state index in [4.69, 9.17) is 0 Å². The zero-order valence-corrected chi connectivity index (χ0v) is 11.1. The molecule has 4 heteroatoms. The topological polar surface area (TPSA) is 38.1 Å². The minimum atomic E-state index is -0.507. The van der Waals surface area contributed by atoms with Gasteiger partial charge in [-0.05, 0) is 34.5 Å². The van der Waals surface area contributed by atoms with Gasteiger partial charge in [0.2, 0.25) is 0 Å². The summed E-state index contributed by atoms with van der Waals surface area (Å²) in [5.74, 6) is 0. The van der Waals surface area contributed by atoms with Crippen molar-refractivity contribution in [1.82, 2.24) is 9.78 Å². The van der Waals surface area contributed by atoms with E-state index in [9.17, 15) is 5.11 Å². The summed E-state index contributed by atoms with van der Waals surface area (Å²) in [6, 6.07) is 11.9. The van der Waals surface area contributed by atoms with Crippen molar-refractivity contribution in [2.24, 2.45) is 0 Å². The Morgan fingerprint density at radius 3 is 2.79 bits per heavy atom. The molecule has 0 amide bonds. The van der Waals surface area contributed by atoms with Gasteiger partial charge in [-0.15, -0.1) is 0 Å². The molecule has 3 nitrogen and oxygen atoms in total. The van der Waals surface area contributed by atoms with Crippen molar-refractivity contribution in [3.05, 3.63) is 70.7 Å². The van der Waals surface area contributed by atoms with Crippen LogP contribution in [0.25, 0.3) is 5.69 Å². The molecule has 0 fully saturated rings. The predicted octanol–water partition coefficient (Wildman–Crippen LogP) is 3.21. The van der Waals surface area contributed by atoms with Gasteiger partial charge in [0, 0.05) is 18.2 Å². The second-order valence-corrected chi connectivity index (χ2v) is 5.19. The Hall–Kier alpha value is -1.91. The molecule has 2 heterocycles. The van der Waals surface area contributed by atoms with Crippen LogP contribution in [0, 0.1) is 0 Å². The van der Waals surface area contributed by atoms with Crippen LogP contribution in [0.15, 0.2) is 59.6 Å². The van der Waals surface area contributed by atoms with Crippen LogP contribution < -0.4 is 0 Å². The summed E-state index contributed by atoms with van der Waals surface area (Å²) in [4.78, 5) is 0. The van der Waals surface area contributed by atoms with Gasteiger partial charge in [-0.25, -0.2) is 4.68 Å². The van der Waals surface area contributed by atoms with Crippen molar-refractivity contribution in [1.29, 1.82) is 0 Å². The lowest BCUT2D eigenvalue weighted by Crippen LogP contribution is -1.99. The Balaban J connectivity index is 1.78. The monoisotopic (exact) mass is 270 g/mol. The maximum absolute atomic E-state index is 10.2. The van der Waals surface area contributed by atoms with Crippen LogP contribution in [-0.4, -0.2) is 14.9 Å². The molecule has 19 heavy (non-hydrogen) atoms. The molecular weight excluding hydrogens is 256 g/mol. The van der Waals surface area contributed by atoms with Gasteiger partial charge >= 0.3 is 0 Å². The fourth-order valence-corrected chi connectivity index (χ4v) is 2.66. The first-order chi connectivity index (χ1) is 9.33. The lowest BCUT2D eigenvalue weighted by molar-refractivity contribution is 0.178. The Morgan fingerprint density at radius 2 is 2.05 bits per heavy atom. The molecule has 1 atom stereocenters. The number of rotatable bonds is 4. The van der Waals surface area contributed by atoms with Crippen molar-refractivity contribution >= 4 is 11.3 Å². The molecule has 3 rings (SSSR count). The Kier molecular flexibility index (Phi) is 3.44. The van der Waals surface area contributed by atoms with E-state index in [1.807, 2.05) is 48.0 Å². The van der Waals surface area contributed by atoms with E-state index in [0.29, 0.717) is 6.42 Å². The fraction of sp³-hybridized carbons (Fsp3) is 0.133. The van der Waals surface area contributed by atoms with Gasteiger partial charge in [-0.3, -0.25) is 0 Å². The second-order valence-electron chi connectivity index (χ2n) is 4.41. The Labute approximate surface area is 115 Å². The minimum Gasteiger partial charge on any atom is -0.388 e. The molecule has 0 saturated carbocycles. The summed E-state index contributed by atoms with van der Waals surface area (Å²) in [6.07, 6.45) is 3.73. The number of aliphatic hydroxyl groups excluding tert-OH is 1. The summed E-state index contributed by atoms with van der Waals surface area (Å²) < 4.78 is 1.78. The van der Waals surface area contributed by atoms with E-state index < -0.39 is 6.10 Å². The summed E-state index contributed by atoms with van der Waals surface area (Å²) in [5, 5.41) is 18.6. The van der Waals surface area contributed by atoms with Crippen molar-refractivity contribution in [2.45, 2.75) is 12.5 Å². The number of nitrogens with zero attached hydrogens (tertiary/aromatic N) is 2. The molecule has 1 aromatic carbocycles. The first-order valence-corrected chi connectivity index (χ1v) is 7.06. The van der Waals surface area contributed by atoms with E-state index >= 15 is 0 Å². The highest BCUT2D eigenvalue weighted by Gasteiger charge is 2.11. The van der Waals surface area contributed by atoms with Crippen molar-refractivity contribution in [3.8, 4) is 5.69 Å². The standard InChI is InChI=1S/C15H14N2OS/c18-15(8-12-6-7-19-11-12)13-9-16-17(10-13)14-4-2-1-3-5-14/h1-7,9-11,15,18H,8H2. The van der Waals surface area contributed by atoms with Crippen LogP contribution in [0.4, 0.5) is 0 Å². The van der Waals surface area contributed by atoms with E-state index in [0.717, 1.165) is 16.8 Å². The third kappa shape index (κ3) is 2.75. The number of para-hydroxylation sites is 1. The molecule has 0 radical (unpaired) electrons. The largest absolute Gasteiger partial charge is 0.388 e. The molecular formula is C15H14N2OS. The maximum Gasteiger partial charge on any atom is 0.0861 e. The Morgan fingerprint density at radius 1 is 1.21 bits per heavy atom. The summed E-state index contributed by atoms with van der Waals surface area (Å²) in [5.41, 5.74) is 3.00. The SMILES string of the molecule is OC(Cc1ccsc1)c1cnn(-c2ccccc2)c1. The molecule has 0 aliphatic carbocycles. The van der Waals surface area contributed by atoms with Gasteiger partial charge in [-0.2, -0.15) is 16.4 Å². The maximum atomic E-state index is 10.2. The van der Waals surface area contributed by atoms with E-state index in [1.54, 1.807) is 22.2 Å². The Bertz CT molecular complexity index is 631. The average molecular weight is 270 g/mol. The fourth-order valence-electron chi connectivity index (χ4n) is 1.98. The first-order valence-electron chi connectivity index (χ1n) is 6.12. The summed E-state index contributed by atoms with van der Waals surface area (Å²) >= 11 is 1.65. The number of hydrogen-bond acceptors (Lipinski definition) is 3. The molecule has 0 spiro atoms. The number of aromatic nitrogens is 2. The highest BCUT2D eigenvalue weighted by Crippen LogP contribution is 2.20. The lowest BCUT2D eigenvalue weighted by atomic mass is 10.1. The molecule has 96 valence electrons. The predicted molar refractivity (Wildman–Crippen MR) is 76.5 cm³/mol. The zero-order valence-electron chi connectivity index (χ0n) is 10.3. The normalized spacial score (nSPS) is 12.5. The molecule has 2 aromatic heterocycles. The third-order valence-corrected chi connectivity index (χ3v) is 3.75. The van der Waals surface area contributed by atoms with E-state index in [1.165, 1.54) is 0 Å². The van der Waals surface area contributed by atoms with Crippen molar-refractivity contribution in [3.63, 3.8) is 0 Å². The van der Waals surface area contributed by atoms with Crippen molar-refractivity contribution in [2.75, 3.05) is 0 Å². The number of thiophene rings is 1. The van der Waals surface area contributed by atoms with Crippen molar-refractivity contribution < 1.29 is 5.11 Å². The minimum absolute atomic E-state index is 0.507. The number of aliphatic hydroxyl groups is 1. The molecule has 0 aliphatic rings. The van der Waals surface area contributed by atoms with Gasteiger partial charge < -0.3 is 5.11 Å². The number of hydrogen-bond donors (Lipinski definition) is 1. The van der Waals surface area contributed by atoms with Crippen LogP contribution >= 0.6 is 11.3 Å². The summed E-state index contributed by atoms with van der Waals surface area (Å²) in [6.45, 7) is 0. The smallest absolute Gasteiger partial charge is 0.0861 e. The quantitative estimate of drug-likeness (QED) is 0.790. The van der Waals surface area contributed by atoms with Gasteiger partial charge in [0.15, 0.2) is 0 Å². The molecule has 3 aromatic rings. The second kappa shape index (κ2) is 5.38. The van der Waals surface area contributed by atoms with Gasteiger partial charge in [0.25, 0.3) is 0 Å². The molecule has 0 saturated heterocycles. The van der Waals surface area contributed by atoms with Gasteiger partial charge in [0.1, 0.15) is 0 Å².